The van der Waals surface area contributed by atoms with Crippen LogP contribution in [-0.2, 0) is 65.4 Å². The molecule has 0 aromatic heterocycles. The first kappa shape index (κ1) is 94.8. The van der Waals surface area contributed by atoms with E-state index >= 15 is 0 Å². The number of aliphatic hydroxyl groups is 1. The summed E-state index contributed by atoms with van der Waals surface area (Å²) in [5.41, 5.74) is 0. The minimum absolute atomic E-state index is 0.0822. The van der Waals surface area contributed by atoms with Gasteiger partial charge in [-0.1, -0.05) is 288 Å². The molecule has 5 atom stereocenters. The van der Waals surface area contributed by atoms with Crippen molar-refractivity contribution >= 4 is 39.5 Å². The predicted molar refractivity (Wildman–Crippen MR) is 400 cm³/mol. The molecule has 572 valence electrons. The van der Waals surface area contributed by atoms with Crippen molar-refractivity contribution in [3.63, 3.8) is 0 Å². The molecule has 0 fully saturated rings. The van der Waals surface area contributed by atoms with E-state index in [4.69, 9.17) is 37.0 Å². The molecule has 0 aliphatic carbocycles. The molecule has 0 saturated carbocycles. The summed E-state index contributed by atoms with van der Waals surface area (Å²) in [6.45, 7) is 4.84. The summed E-state index contributed by atoms with van der Waals surface area (Å²) in [6.07, 6.45) is 70.5. The van der Waals surface area contributed by atoms with Gasteiger partial charge in [-0.15, -0.1) is 0 Å². The number of hydrogen-bond donors (Lipinski definition) is 3. The summed E-state index contributed by atoms with van der Waals surface area (Å²) >= 11 is 0. The zero-order chi connectivity index (χ0) is 71.8. The second kappa shape index (κ2) is 72.1. The van der Waals surface area contributed by atoms with E-state index in [-0.39, 0.29) is 25.7 Å². The van der Waals surface area contributed by atoms with Gasteiger partial charge >= 0.3 is 39.5 Å². The zero-order valence-corrected chi connectivity index (χ0v) is 64.3. The summed E-state index contributed by atoms with van der Waals surface area (Å²) in [7, 11) is -9.95. The Morgan fingerprint density at radius 1 is 0.296 bits per heavy atom. The van der Waals surface area contributed by atoms with E-state index < -0.39 is 97.5 Å². The molecule has 0 aliphatic rings. The summed E-state index contributed by atoms with van der Waals surface area (Å²) in [5, 5.41) is 10.6. The summed E-state index contributed by atoms with van der Waals surface area (Å²) in [4.78, 5) is 72.9. The van der Waals surface area contributed by atoms with Gasteiger partial charge in [-0.2, -0.15) is 0 Å². The molecule has 0 aliphatic heterocycles. The molecule has 98 heavy (non-hydrogen) atoms. The molecule has 2 unspecified atom stereocenters. The number of phosphoric acid groups is 2. The maximum absolute atomic E-state index is 13.1. The number of carbonyl (C=O) groups is 4. The standard InChI is InChI=1S/C79H144O17P2/c1-5-9-13-17-21-25-29-33-36-40-44-48-52-56-60-64-77(82)90-70-75(96-79(84)66-62-58-54-50-46-42-38-35-31-27-23-19-15-11-7-3)72-94-98(87,88)92-68-73(80)67-91-97(85,86)93-71-74(69-89-76(81)63-59-55-51-47-43-39-32-28-24-20-16-12-8-4)95-78(83)65-61-57-53-49-45-41-37-34-30-26-22-18-14-10-6-2/h21,25-26,30,33-38,73-75,80H,5-20,22-24,27-29,31-32,39-72H2,1-4H3,(H,85,86)(H,87,88)/b25-21-,30-26-,36-33-,37-34-,38-35-/t73-,74-,75-/m1/s1. The van der Waals surface area contributed by atoms with Crippen molar-refractivity contribution in [3.05, 3.63) is 60.8 Å². The van der Waals surface area contributed by atoms with Gasteiger partial charge in [0.1, 0.15) is 19.3 Å². The monoisotopic (exact) mass is 1430 g/mol. The Balaban J connectivity index is 5.35. The van der Waals surface area contributed by atoms with E-state index in [9.17, 15) is 43.2 Å². The molecule has 0 saturated heterocycles. The van der Waals surface area contributed by atoms with Crippen LogP contribution >= 0.6 is 15.6 Å². The lowest BCUT2D eigenvalue weighted by molar-refractivity contribution is -0.161. The average molecular weight is 1430 g/mol. The molecular weight excluding hydrogens is 1280 g/mol. The van der Waals surface area contributed by atoms with Crippen molar-refractivity contribution < 1.29 is 80.2 Å². The number of unbranched alkanes of at least 4 members (excludes halogenated alkanes) is 40. The third-order valence-corrected chi connectivity index (χ3v) is 18.9. The van der Waals surface area contributed by atoms with Crippen molar-refractivity contribution in [1.82, 2.24) is 0 Å². The van der Waals surface area contributed by atoms with E-state index in [0.717, 1.165) is 141 Å². The molecule has 0 radical (unpaired) electrons. The number of esters is 4. The smallest absolute Gasteiger partial charge is 0.462 e. The van der Waals surface area contributed by atoms with Gasteiger partial charge in [0, 0.05) is 25.7 Å². The highest BCUT2D eigenvalue weighted by Gasteiger charge is 2.30. The summed E-state index contributed by atoms with van der Waals surface area (Å²) < 4.78 is 68.5. The van der Waals surface area contributed by atoms with Crippen LogP contribution in [0.2, 0.25) is 0 Å². The van der Waals surface area contributed by atoms with Crippen molar-refractivity contribution in [2.45, 2.75) is 380 Å². The lowest BCUT2D eigenvalue weighted by atomic mass is 10.0. The zero-order valence-electron chi connectivity index (χ0n) is 62.5. The Morgan fingerprint density at radius 2 is 0.531 bits per heavy atom. The average Bonchev–Trinajstić information content (AvgIpc) is 1.04. The Bertz CT molecular complexity index is 2100. The fourth-order valence-electron chi connectivity index (χ4n) is 10.9. The van der Waals surface area contributed by atoms with Gasteiger partial charge in [-0.25, -0.2) is 9.13 Å². The predicted octanol–water partition coefficient (Wildman–Crippen LogP) is 22.7. The van der Waals surface area contributed by atoms with Crippen LogP contribution in [0.3, 0.4) is 0 Å². The molecule has 17 nitrogen and oxygen atoms in total. The van der Waals surface area contributed by atoms with Crippen molar-refractivity contribution in [2.75, 3.05) is 39.6 Å². The minimum Gasteiger partial charge on any atom is -0.462 e. The van der Waals surface area contributed by atoms with E-state index in [1.54, 1.807) is 0 Å². The lowest BCUT2D eigenvalue weighted by Crippen LogP contribution is -2.30. The number of phosphoric ester groups is 2. The van der Waals surface area contributed by atoms with Crippen molar-refractivity contribution in [1.29, 1.82) is 0 Å². The normalized spacial score (nSPS) is 14.2. The SMILES string of the molecule is CCCCC/C=C\C/C=C\CCCCCCCC(=O)OC[C@H](COP(=O)(O)OC[C@H](O)COP(=O)(O)OC[C@@H](COC(=O)CCCCCCCCCCCCCCC)OC(=O)CCCCCCC/C=C\C=C/CCCCCC)OC(=O)CCCCCCC/C=C\CCCCCCCC. The highest BCUT2D eigenvalue weighted by molar-refractivity contribution is 7.47. The van der Waals surface area contributed by atoms with Crippen LogP contribution in [0.4, 0.5) is 0 Å². The Labute approximate surface area is 597 Å². The first-order chi connectivity index (χ1) is 47.7. The highest BCUT2D eigenvalue weighted by Crippen LogP contribution is 2.45. The second-order valence-corrected chi connectivity index (χ2v) is 29.6. The first-order valence-corrected chi connectivity index (χ1v) is 42.5. The largest absolute Gasteiger partial charge is 0.472 e. The highest BCUT2D eigenvalue weighted by atomic mass is 31.2. The van der Waals surface area contributed by atoms with Crippen LogP contribution in [0.15, 0.2) is 60.8 Å². The van der Waals surface area contributed by atoms with Gasteiger partial charge in [-0.05, 0) is 109 Å². The van der Waals surface area contributed by atoms with Crippen LogP contribution in [0.25, 0.3) is 0 Å². The number of hydrogen-bond acceptors (Lipinski definition) is 15. The molecule has 3 N–H and O–H groups in total. The van der Waals surface area contributed by atoms with Gasteiger partial charge in [0.25, 0.3) is 0 Å². The Kier molecular flexibility index (Phi) is 69.7. The molecule has 0 amide bonds. The molecule has 0 rings (SSSR count). The maximum Gasteiger partial charge on any atom is 0.472 e. The van der Waals surface area contributed by atoms with Gasteiger partial charge in [-0.3, -0.25) is 37.3 Å². The number of allylic oxidation sites excluding steroid dienone is 10. The fraction of sp³-hybridized carbons (Fsp3) is 0.823. The number of carbonyl (C=O) groups excluding carboxylic acids is 4. The topological polar surface area (TPSA) is 237 Å². The van der Waals surface area contributed by atoms with Gasteiger partial charge in [0.05, 0.1) is 26.4 Å². The maximum atomic E-state index is 13.1. The van der Waals surface area contributed by atoms with Crippen LogP contribution in [0, 0.1) is 0 Å². The second-order valence-electron chi connectivity index (χ2n) is 26.7. The molecular formula is C79H144O17P2. The van der Waals surface area contributed by atoms with Crippen molar-refractivity contribution in [2.24, 2.45) is 0 Å². The van der Waals surface area contributed by atoms with E-state index in [2.05, 4.69) is 88.5 Å². The van der Waals surface area contributed by atoms with Crippen LogP contribution < -0.4 is 0 Å². The van der Waals surface area contributed by atoms with Crippen molar-refractivity contribution in [3.8, 4) is 0 Å². The Morgan fingerprint density at radius 3 is 0.857 bits per heavy atom. The minimum atomic E-state index is -4.97. The number of ether oxygens (including phenoxy) is 4. The lowest BCUT2D eigenvalue weighted by Gasteiger charge is -2.21. The molecule has 0 bridgehead atoms. The molecule has 0 aromatic rings. The van der Waals surface area contributed by atoms with Gasteiger partial charge < -0.3 is 33.8 Å². The molecule has 0 aromatic carbocycles. The fourth-order valence-corrected chi connectivity index (χ4v) is 12.5. The van der Waals surface area contributed by atoms with Gasteiger partial charge in [0.2, 0.25) is 0 Å². The number of aliphatic hydroxyl groups excluding tert-OH is 1. The summed E-state index contributed by atoms with van der Waals surface area (Å²) in [5.74, 6) is -2.18. The quantitative estimate of drug-likeness (QED) is 0.0128. The molecule has 0 heterocycles. The van der Waals surface area contributed by atoms with Crippen LogP contribution in [0.1, 0.15) is 362 Å². The third-order valence-electron chi connectivity index (χ3n) is 17.0. The molecule has 0 spiro atoms. The Hall–Kier alpha value is -3.24. The van der Waals surface area contributed by atoms with E-state index in [1.165, 1.54) is 141 Å². The van der Waals surface area contributed by atoms with Crippen LogP contribution in [0.5, 0.6) is 0 Å². The third kappa shape index (κ3) is 71.2. The molecule has 19 heteroatoms. The first-order valence-electron chi connectivity index (χ1n) is 39.5. The number of rotatable bonds is 75. The van der Waals surface area contributed by atoms with Crippen LogP contribution in [-0.4, -0.2) is 96.7 Å². The van der Waals surface area contributed by atoms with E-state index in [1.807, 2.05) is 0 Å². The van der Waals surface area contributed by atoms with E-state index in [0.29, 0.717) is 25.7 Å². The van der Waals surface area contributed by atoms with Gasteiger partial charge in [0.15, 0.2) is 12.2 Å². The summed E-state index contributed by atoms with van der Waals surface area (Å²) in [6, 6.07) is 0.